The molecule has 1 fully saturated rings. The molecule has 0 atom stereocenters. The van der Waals surface area contributed by atoms with Crippen LogP contribution in [0, 0.1) is 5.92 Å². The van der Waals surface area contributed by atoms with Gasteiger partial charge in [-0.3, -0.25) is 0 Å². The molecule has 1 aliphatic rings. The number of hydrogen-bond donors (Lipinski definition) is 2. The summed E-state index contributed by atoms with van der Waals surface area (Å²) >= 11 is 0. The Balaban J connectivity index is 1.37. The Morgan fingerprint density at radius 3 is 2.87 bits per heavy atom. The van der Waals surface area contributed by atoms with Crippen LogP contribution in [0.5, 0.6) is 0 Å². The van der Waals surface area contributed by atoms with E-state index in [4.69, 9.17) is 14.5 Å². The summed E-state index contributed by atoms with van der Waals surface area (Å²) in [6, 6.07) is 10.5. The lowest BCUT2D eigenvalue weighted by atomic mass is 10.0. The van der Waals surface area contributed by atoms with Crippen molar-refractivity contribution < 1.29 is 9.47 Å². The summed E-state index contributed by atoms with van der Waals surface area (Å²) in [6.07, 6.45) is 8.07. The van der Waals surface area contributed by atoms with Crippen LogP contribution in [0.3, 0.4) is 0 Å². The lowest BCUT2D eigenvalue weighted by molar-refractivity contribution is 0.0203. The number of aryl methyl sites for hydroxylation is 2. The van der Waals surface area contributed by atoms with Gasteiger partial charge in [0.2, 0.25) is 0 Å². The lowest BCUT2D eigenvalue weighted by Crippen LogP contribution is -2.38. The Hall–Kier alpha value is -2.38. The summed E-state index contributed by atoms with van der Waals surface area (Å²) in [5.74, 6) is 2.46. The molecule has 0 radical (unpaired) electrons. The third-order valence-corrected chi connectivity index (χ3v) is 5.46. The first-order chi connectivity index (χ1) is 15.3. The molecular weight excluding hydrogens is 390 g/mol. The zero-order valence-corrected chi connectivity index (χ0v) is 18.8. The van der Waals surface area contributed by atoms with E-state index in [9.17, 15) is 0 Å². The van der Waals surface area contributed by atoms with Gasteiger partial charge < -0.3 is 24.7 Å². The Bertz CT molecular complexity index is 756. The fourth-order valence-corrected chi connectivity index (χ4v) is 3.63. The normalized spacial score (nSPS) is 15.2. The van der Waals surface area contributed by atoms with Gasteiger partial charge in [0.1, 0.15) is 12.4 Å². The fraction of sp³-hybridized carbons (Fsp3) is 0.583. The Kier molecular flexibility index (Phi) is 10.4. The molecule has 1 aromatic carbocycles. The third-order valence-electron chi connectivity index (χ3n) is 5.46. The second kappa shape index (κ2) is 13.8. The molecule has 2 N–H and O–H groups in total. The first-order valence-corrected chi connectivity index (χ1v) is 11.6. The SMILES string of the molecule is CCNC(=NCc1nccn1CCc1ccccc1)NCCCOCC1CCOCC1. The van der Waals surface area contributed by atoms with Crippen LogP contribution in [0.25, 0.3) is 0 Å². The summed E-state index contributed by atoms with van der Waals surface area (Å²) in [4.78, 5) is 9.22. The van der Waals surface area contributed by atoms with Crippen molar-refractivity contribution in [1.82, 2.24) is 20.2 Å². The molecule has 2 aromatic rings. The number of rotatable bonds is 12. The van der Waals surface area contributed by atoms with Crippen molar-refractivity contribution in [2.45, 2.75) is 45.7 Å². The molecule has 3 rings (SSSR count). The predicted octanol–water partition coefficient (Wildman–Crippen LogP) is 3.01. The molecule has 0 spiro atoms. The van der Waals surface area contributed by atoms with Gasteiger partial charge in [0, 0.05) is 58.5 Å². The second-order valence-electron chi connectivity index (χ2n) is 7.88. The summed E-state index contributed by atoms with van der Waals surface area (Å²) in [5, 5.41) is 6.71. The third kappa shape index (κ3) is 8.71. The molecule has 1 aromatic heterocycles. The minimum atomic E-state index is 0.553. The smallest absolute Gasteiger partial charge is 0.191 e. The number of aliphatic imine (C=N–C) groups is 1. The van der Waals surface area contributed by atoms with Crippen LogP contribution in [0.1, 0.15) is 37.6 Å². The number of aromatic nitrogens is 2. The van der Waals surface area contributed by atoms with E-state index < -0.39 is 0 Å². The van der Waals surface area contributed by atoms with Crippen molar-refractivity contribution in [3.05, 3.63) is 54.1 Å². The van der Waals surface area contributed by atoms with E-state index in [0.717, 1.165) is 83.5 Å². The average Bonchev–Trinajstić information content (AvgIpc) is 3.27. The minimum absolute atomic E-state index is 0.553. The molecule has 7 nitrogen and oxygen atoms in total. The van der Waals surface area contributed by atoms with Crippen LogP contribution in [-0.4, -0.2) is 55.0 Å². The Labute approximate surface area is 186 Å². The largest absolute Gasteiger partial charge is 0.381 e. The van der Waals surface area contributed by atoms with E-state index in [1.165, 1.54) is 5.56 Å². The number of benzene rings is 1. The predicted molar refractivity (Wildman–Crippen MR) is 124 cm³/mol. The summed E-state index contributed by atoms with van der Waals surface area (Å²) < 4.78 is 13.4. The van der Waals surface area contributed by atoms with Gasteiger partial charge in [-0.1, -0.05) is 30.3 Å². The van der Waals surface area contributed by atoms with E-state index in [0.29, 0.717) is 12.5 Å². The van der Waals surface area contributed by atoms with Crippen molar-refractivity contribution >= 4 is 5.96 Å². The fourth-order valence-electron chi connectivity index (χ4n) is 3.63. The molecule has 0 aliphatic carbocycles. The summed E-state index contributed by atoms with van der Waals surface area (Å²) in [7, 11) is 0. The number of hydrogen-bond acceptors (Lipinski definition) is 4. The number of imidazole rings is 1. The highest BCUT2D eigenvalue weighted by molar-refractivity contribution is 5.79. The highest BCUT2D eigenvalue weighted by Gasteiger charge is 2.13. The van der Waals surface area contributed by atoms with Crippen LogP contribution in [-0.2, 0) is 29.0 Å². The standard InChI is InChI=1S/C24H37N5O2/c1-2-25-24(27-12-6-16-31-20-22-10-17-30-18-11-22)28-19-23-26-13-15-29(23)14-9-21-7-4-3-5-8-21/h3-5,7-8,13,15,22H,2,6,9-12,14,16-20H2,1H3,(H2,25,27,28). The molecule has 0 unspecified atom stereocenters. The van der Waals surface area contributed by atoms with Crippen LogP contribution in [0.15, 0.2) is 47.7 Å². The first-order valence-electron chi connectivity index (χ1n) is 11.6. The van der Waals surface area contributed by atoms with Crippen molar-refractivity contribution in [3.63, 3.8) is 0 Å². The lowest BCUT2D eigenvalue weighted by Gasteiger charge is -2.21. The molecule has 2 heterocycles. The molecule has 1 saturated heterocycles. The van der Waals surface area contributed by atoms with E-state index >= 15 is 0 Å². The zero-order valence-electron chi connectivity index (χ0n) is 18.8. The summed E-state index contributed by atoms with van der Waals surface area (Å²) in [6.45, 7) is 8.58. The van der Waals surface area contributed by atoms with E-state index in [1.54, 1.807) is 0 Å². The quantitative estimate of drug-likeness (QED) is 0.309. The number of guanidine groups is 1. The van der Waals surface area contributed by atoms with Gasteiger partial charge >= 0.3 is 0 Å². The van der Waals surface area contributed by atoms with Gasteiger partial charge in [0.15, 0.2) is 5.96 Å². The van der Waals surface area contributed by atoms with Gasteiger partial charge in [-0.05, 0) is 44.1 Å². The minimum Gasteiger partial charge on any atom is -0.381 e. The van der Waals surface area contributed by atoms with Crippen LogP contribution >= 0.6 is 0 Å². The molecule has 0 bridgehead atoms. The molecule has 0 saturated carbocycles. The van der Waals surface area contributed by atoms with Gasteiger partial charge in [0.25, 0.3) is 0 Å². The van der Waals surface area contributed by atoms with E-state index in [-0.39, 0.29) is 0 Å². The first kappa shape index (κ1) is 23.3. The molecule has 0 amide bonds. The zero-order chi connectivity index (χ0) is 21.6. The summed E-state index contributed by atoms with van der Waals surface area (Å²) in [5.41, 5.74) is 1.33. The van der Waals surface area contributed by atoms with Gasteiger partial charge in [-0.25, -0.2) is 9.98 Å². The van der Waals surface area contributed by atoms with Crippen molar-refractivity contribution in [2.24, 2.45) is 10.9 Å². The number of nitrogens with zero attached hydrogens (tertiary/aromatic N) is 3. The molecule has 170 valence electrons. The Morgan fingerprint density at radius 1 is 1.23 bits per heavy atom. The molecule has 7 heteroatoms. The monoisotopic (exact) mass is 427 g/mol. The Morgan fingerprint density at radius 2 is 2.06 bits per heavy atom. The second-order valence-corrected chi connectivity index (χ2v) is 7.88. The van der Waals surface area contributed by atoms with Crippen LogP contribution < -0.4 is 10.6 Å². The van der Waals surface area contributed by atoms with Crippen molar-refractivity contribution in [2.75, 3.05) is 39.5 Å². The van der Waals surface area contributed by atoms with Gasteiger partial charge in [-0.2, -0.15) is 0 Å². The van der Waals surface area contributed by atoms with E-state index in [2.05, 4.69) is 57.4 Å². The molecular formula is C24H37N5O2. The van der Waals surface area contributed by atoms with Gasteiger partial charge in [-0.15, -0.1) is 0 Å². The van der Waals surface area contributed by atoms with Crippen LogP contribution in [0.2, 0.25) is 0 Å². The molecule has 31 heavy (non-hydrogen) atoms. The van der Waals surface area contributed by atoms with Crippen LogP contribution in [0.4, 0.5) is 0 Å². The average molecular weight is 428 g/mol. The maximum absolute atomic E-state index is 5.84. The molecule has 1 aliphatic heterocycles. The van der Waals surface area contributed by atoms with Gasteiger partial charge in [0.05, 0.1) is 0 Å². The number of ether oxygens (including phenoxy) is 2. The van der Waals surface area contributed by atoms with E-state index in [1.807, 2.05) is 12.4 Å². The van der Waals surface area contributed by atoms with Crippen molar-refractivity contribution in [1.29, 1.82) is 0 Å². The topological polar surface area (TPSA) is 72.7 Å². The highest BCUT2D eigenvalue weighted by atomic mass is 16.5. The number of nitrogens with one attached hydrogen (secondary N) is 2. The highest BCUT2D eigenvalue weighted by Crippen LogP contribution is 2.14. The van der Waals surface area contributed by atoms with Crippen molar-refractivity contribution in [3.8, 4) is 0 Å². The maximum atomic E-state index is 5.84. The maximum Gasteiger partial charge on any atom is 0.191 e.